The van der Waals surface area contributed by atoms with Crippen LogP contribution in [0, 0.1) is 27.7 Å². The van der Waals surface area contributed by atoms with Gasteiger partial charge in [0.05, 0.1) is 0 Å². The molecule has 1 N–H and O–H groups in total. The van der Waals surface area contributed by atoms with Crippen LogP contribution in [0.1, 0.15) is 22.3 Å². The highest BCUT2D eigenvalue weighted by atomic mass is 16.5. The van der Waals surface area contributed by atoms with Gasteiger partial charge in [0.25, 0.3) is 5.91 Å². The molecule has 1 amide bonds. The zero-order valence-corrected chi connectivity index (χ0v) is 13.0. The molecule has 0 aliphatic heterocycles. The van der Waals surface area contributed by atoms with Crippen LogP contribution in [0.5, 0.6) is 5.75 Å². The summed E-state index contributed by atoms with van der Waals surface area (Å²) in [5.41, 5.74) is 5.27. The second-order valence-electron chi connectivity index (χ2n) is 5.42. The predicted molar refractivity (Wildman–Crippen MR) is 86.0 cm³/mol. The van der Waals surface area contributed by atoms with Crippen molar-refractivity contribution in [3.63, 3.8) is 0 Å². The minimum absolute atomic E-state index is 0.0111. The van der Waals surface area contributed by atoms with Gasteiger partial charge in [-0.2, -0.15) is 0 Å². The Balaban J connectivity index is 1.96. The summed E-state index contributed by atoms with van der Waals surface area (Å²) in [5, 5.41) is 2.87. The van der Waals surface area contributed by atoms with Gasteiger partial charge in [-0.3, -0.25) is 4.79 Å². The van der Waals surface area contributed by atoms with Gasteiger partial charge in [0.15, 0.2) is 6.61 Å². The van der Waals surface area contributed by atoms with E-state index in [1.165, 1.54) is 11.1 Å². The van der Waals surface area contributed by atoms with E-state index in [1.54, 1.807) is 0 Å². The van der Waals surface area contributed by atoms with Crippen LogP contribution in [0.4, 0.5) is 5.69 Å². The summed E-state index contributed by atoms with van der Waals surface area (Å²) in [7, 11) is 0. The summed E-state index contributed by atoms with van der Waals surface area (Å²) in [4.78, 5) is 12.0. The van der Waals surface area contributed by atoms with Crippen LogP contribution in [0.15, 0.2) is 36.4 Å². The van der Waals surface area contributed by atoms with Crippen LogP contribution in [-0.4, -0.2) is 12.5 Å². The molecule has 0 fully saturated rings. The quantitative estimate of drug-likeness (QED) is 0.923. The molecule has 0 aliphatic rings. The first kappa shape index (κ1) is 15.1. The summed E-state index contributed by atoms with van der Waals surface area (Å²) in [6.07, 6.45) is 0. The monoisotopic (exact) mass is 283 g/mol. The van der Waals surface area contributed by atoms with Crippen LogP contribution in [0.3, 0.4) is 0 Å². The number of amides is 1. The topological polar surface area (TPSA) is 38.3 Å². The Morgan fingerprint density at radius 3 is 2.19 bits per heavy atom. The van der Waals surface area contributed by atoms with E-state index in [2.05, 4.69) is 5.32 Å². The predicted octanol–water partition coefficient (Wildman–Crippen LogP) is 3.94. The van der Waals surface area contributed by atoms with Gasteiger partial charge in [0.1, 0.15) is 5.75 Å². The van der Waals surface area contributed by atoms with Crippen molar-refractivity contribution < 1.29 is 9.53 Å². The third-order valence-corrected chi connectivity index (χ3v) is 3.35. The number of carbonyl (C=O) groups is 1. The highest BCUT2D eigenvalue weighted by molar-refractivity contribution is 5.92. The van der Waals surface area contributed by atoms with E-state index in [-0.39, 0.29) is 12.5 Å². The Kier molecular flexibility index (Phi) is 4.63. The normalized spacial score (nSPS) is 10.3. The van der Waals surface area contributed by atoms with Gasteiger partial charge in [-0.1, -0.05) is 35.4 Å². The molecule has 2 aromatic rings. The molecule has 0 spiro atoms. The number of aryl methyl sites for hydroxylation is 4. The summed E-state index contributed by atoms with van der Waals surface area (Å²) < 4.78 is 5.58. The van der Waals surface area contributed by atoms with E-state index in [0.29, 0.717) is 0 Å². The summed E-state index contributed by atoms with van der Waals surface area (Å²) in [5.74, 6) is 0.596. The standard InChI is InChI=1S/C18H21NO2/c1-12-5-7-16(14(3)9-12)19-18(20)11-21-17-8-6-13(2)10-15(17)4/h5-10H,11H2,1-4H3,(H,19,20). The van der Waals surface area contributed by atoms with Crippen molar-refractivity contribution in [2.75, 3.05) is 11.9 Å². The third-order valence-electron chi connectivity index (χ3n) is 3.35. The molecule has 0 bridgehead atoms. The van der Waals surface area contributed by atoms with Crippen LogP contribution in [-0.2, 0) is 4.79 Å². The lowest BCUT2D eigenvalue weighted by atomic mass is 10.1. The second kappa shape index (κ2) is 6.44. The first-order valence-electron chi connectivity index (χ1n) is 7.03. The number of benzene rings is 2. The third kappa shape index (κ3) is 4.09. The Bertz CT molecular complexity index is 662. The molecular weight excluding hydrogens is 262 g/mol. The first-order chi connectivity index (χ1) is 9.95. The first-order valence-corrected chi connectivity index (χ1v) is 7.03. The van der Waals surface area contributed by atoms with Crippen molar-refractivity contribution in [2.45, 2.75) is 27.7 Å². The minimum atomic E-state index is -0.151. The van der Waals surface area contributed by atoms with Gasteiger partial charge < -0.3 is 10.1 Å². The average Bonchev–Trinajstić information content (AvgIpc) is 2.41. The largest absolute Gasteiger partial charge is 0.483 e. The molecule has 0 unspecified atom stereocenters. The van der Waals surface area contributed by atoms with Crippen LogP contribution in [0.25, 0.3) is 0 Å². The number of ether oxygens (including phenoxy) is 1. The van der Waals surface area contributed by atoms with Crippen LogP contribution < -0.4 is 10.1 Å². The fourth-order valence-corrected chi connectivity index (χ4v) is 2.24. The maximum atomic E-state index is 12.0. The molecular formula is C18H21NO2. The van der Waals surface area contributed by atoms with Crippen LogP contribution in [0.2, 0.25) is 0 Å². The lowest BCUT2D eigenvalue weighted by molar-refractivity contribution is -0.118. The molecule has 0 aromatic heterocycles. The Hall–Kier alpha value is -2.29. The molecule has 2 rings (SSSR count). The number of hydrogen-bond donors (Lipinski definition) is 1. The van der Waals surface area contributed by atoms with Gasteiger partial charge >= 0.3 is 0 Å². The highest BCUT2D eigenvalue weighted by Gasteiger charge is 2.07. The Morgan fingerprint density at radius 2 is 1.57 bits per heavy atom. The molecule has 3 nitrogen and oxygen atoms in total. The summed E-state index contributed by atoms with van der Waals surface area (Å²) >= 11 is 0. The number of hydrogen-bond acceptors (Lipinski definition) is 2. The van der Waals surface area contributed by atoms with Gasteiger partial charge in [0.2, 0.25) is 0 Å². The summed E-state index contributed by atoms with van der Waals surface area (Å²) in [6.45, 7) is 8.03. The SMILES string of the molecule is Cc1ccc(NC(=O)COc2ccc(C)cc2C)c(C)c1. The van der Waals surface area contributed by atoms with E-state index in [1.807, 2.05) is 64.1 Å². The fourth-order valence-electron chi connectivity index (χ4n) is 2.24. The number of rotatable bonds is 4. The van der Waals surface area contributed by atoms with E-state index < -0.39 is 0 Å². The van der Waals surface area contributed by atoms with E-state index in [4.69, 9.17) is 4.74 Å². The second-order valence-corrected chi connectivity index (χ2v) is 5.42. The highest BCUT2D eigenvalue weighted by Crippen LogP contribution is 2.19. The average molecular weight is 283 g/mol. The summed E-state index contributed by atoms with van der Waals surface area (Å²) in [6, 6.07) is 11.9. The van der Waals surface area contributed by atoms with Crippen LogP contribution >= 0.6 is 0 Å². The molecule has 0 saturated heterocycles. The number of anilines is 1. The number of carbonyl (C=O) groups excluding carboxylic acids is 1. The van der Waals surface area contributed by atoms with E-state index in [9.17, 15) is 4.79 Å². The zero-order chi connectivity index (χ0) is 15.4. The molecule has 0 atom stereocenters. The van der Waals surface area contributed by atoms with Crippen molar-refractivity contribution in [2.24, 2.45) is 0 Å². The lowest BCUT2D eigenvalue weighted by Crippen LogP contribution is -2.20. The number of nitrogens with one attached hydrogen (secondary N) is 1. The maximum Gasteiger partial charge on any atom is 0.262 e. The lowest BCUT2D eigenvalue weighted by Gasteiger charge is -2.11. The van der Waals surface area contributed by atoms with Crippen molar-refractivity contribution in [1.82, 2.24) is 0 Å². The molecule has 21 heavy (non-hydrogen) atoms. The van der Waals surface area contributed by atoms with Crippen molar-refractivity contribution in [3.8, 4) is 5.75 Å². The fraction of sp³-hybridized carbons (Fsp3) is 0.278. The van der Waals surface area contributed by atoms with Gasteiger partial charge in [-0.25, -0.2) is 0 Å². The zero-order valence-electron chi connectivity index (χ0n) is 13.0. The van der Waals surface area contributed by atoms with E-state index in [0.717, 1.165) is 22.6 Å². The van der Waals surface area contributed by atoms with Crippen molar-refractivity contribution >= 4 is 11.6 Å². The maximum absolute atomic E-state index is 12.0. The van der Waals surface area contributed by atoms with Gasteiger partial charge in [0, 0.05) is 5.69 Å². The Morgan fingerprint density at radius 1 is 0.952 bits per heavy atom. The molecule has 2 aromatic carbocycles. The molecule has 3 heteroatoms. The van der Waals surface area contributed by atoms with Gasteiger partial charge in [-0.05, 0) is 51.0 Å². The smallest absolute Gasteiger partial charge is 0.262 e. The molecule has 0 saturated carbocycles. The minimum Gasteiger partial charge on any atom is -0.483 e. The van der Waals surface area contributed by atoms with E-state index >= 15 is 0 Å². The molecule has 110 valence electrons. The molecule has 0 heterocycles. The Labute approximate surface area is 126 Å². The van der Waals surface area contributed by atoms with Gasteiger partial charge in [-0.15, -0.1) is 0 Å². The van der Waals surface area contributed by atoms with Crippen molar-refractivity contribution in [1.29, 1.82) is 0 Å². The molecule has 0 radical (unpaired) electrons. The van der Waals surface area contributed by atoms with Crippen molar-refractivity contribution in [3.05, 3.63) is 58.7 Å². The molecule has 0 aliphatic carbocycles.